The number of carbonyl (C=O) groups excluding carboxylic acids is 1. The Morgan fingerprint density at radius 3 is 2.35 bits per heavy atom. The third kappa shape index (κ3) is 2.54. The van der Waals surface area contributed by atoms with Gasteiger partial charge in [-0.05, 0) is 42.7 Å². The Balaban J connectivity index is 2.72. The molecule has 0 radical (unpaired) electrons. The summed E-state index contributed by atoms with van der Waals surface area (Å²) in [5.74, 6) is -1.04. The molecular weight excluding hydrogens is 279 g/mol. The molecule has 0 heterocycles. The van der Waals surface area contributed by atoms with Crippen LogP contribution in [0, 0.1) is 19.7 Å². The van der Waals surface area contributed by atoms with E-state index in [-0.39, 0.29) is 10.6 Å². The predicted molar refractivity (Wildman–Crippen MR) is 77.7 cm³/mol. The zero-order valence-electron chi connectivity index (χ0n) is 11.5. The van der Waals surface area contributed by atoms with Crippen LogP contribution in [0.25, 0.3) is 11.1 Å². The highest BCUT2D eigenvalue weighted by Crippen LogP contribution is 2.33. The number of rotatable bonds is 2. The van der Waals surface area contributed by atoms with Gasteiger partial charge in [0, 0.05) is 5.56 Å². The van der Waals surface area contributed by atoms with Crippen LogP contribution in [-0.4, -0.2) is 13.1 Å². The first kappa shape index (κ1) is 14.5. The lowest BCUT2D eigenvalue weighted by atomic mass is 9.94. The van der Waals surface area contributed by atoms with E-state index < -0.39 is 11.8 Å². The number of aryl methyl sites for hydroxylation is 2. The van der Waals surface area contributed by atoms with Gasteiger partial charge in [0.25, 0.3) is 0 Å². The van der Waals surface area contributed by atoms with Crippen molar-refractivity contribution in [3.63, 3.8) is 0 Å². The number of hydrogen-bond acceptors (Lipinski definition) is 2. The maximum Gasteiger partial charge on any atom is 0.339 e. The van der Waals surface area contributed by atoms with Crippen molar-refractivity contribution in [2.45, 2.75) is 13.8 Å². The molecule has 4 heteroatoms. The summed E-state index contributed by atoms with van der Waals surface area (Å²) in [6.07, 6.45) is 0. The van der Waals surface area contributed by atoms with Crippen LogP contribution in [0.4, 0.5) is 4.39 Å². The van der Waals surface area contributed by atoms with Crippen LogP contribution < -0.4 is 0 Å². The summed E-state index contributed by atoms with van der Waals surface area (Å²) >= 11 is 5.90. The van der Waals surface area contributed by atoms with Gasteiger partial charge in [-0.3, -0.25) is 0 Å². The third-order valence-electron chi connectivity index (χ3n) is 3.21. The molecule has 2 aromatic carbocycles. The normalized spacial score (nSPS) is 10.4. The summed E-state index contributed by atoms with van der Waals surface area (Å²) in [5.41, 5.74) is 3.15. The van der Waals surface area contributed by atoms with E-state index in [1.54, 1.807) is 0 Å². The third-order valence-corrected chi connectivity index (χ3v) is 3.53. The first-order valence-electron chi connectivity index (χ1n) is 6.09. The van der Waals surface area contributed by atoms with E-state index >= 15 is 0 Å². The van der Waals surface area contributed by atoms with E-state index in [0.717, 1.165) is 22.8 Å². The van der Waals surface area contributed by atoms with Gasteiger partial charge in [0.2, 0.25) is 0 Å². The first-order chi connectivity index (χ1) is 9.45. The molecule has 2 nitrogen and oxygen atoms in total. The summed E-state index contributed by atoms with van der Waals surface area (Å²) in [5, 5.41) is 0.0457. The Morgan fingerprint density at radius 2 is 1.80 bits per heavy atom. The van der Waals surface area contributed by atoms with E-state index in [9.17, 15) is 9.18 Å². The van der Waals surface area contributed by atoms with Crippen molar-refractivity contribution in [1.29, 1.82) is 0 Å². The van der Waals surface area contributed by atoms with Gasteiger partial charge in [-0.15, -0.1) is 0 Å². The average molecular weight is 293 g/mol. The molecule has 2 aromatic rings. The second kappa shape index (κ2) is 5.63. The molecule has 0 atom stereocenters. The van der Waals surface area contributed by atoms with Crippen LogP contribution in [0.2, 0.25) is 5.02 Å². The number of benzene rings is 2. The molecule has 0 aliphatic heterocycles. The molecule has 0 aliphatic rings. The Bertz CT molecular complexity index is 660. The molecule has 20 heavy (non-hydrogen) atoms. The molecule has 0 saturated heterocycles. The van der Waals surface area contributed by atoms with Crippen molar-refractivity contribution >= 4 is 17.6 Å². The predicted octanol–water partition coefficient (Wildman–Crippen LogP) is 4.55. The SMILES string of the molecule is COC(=O)c1cc(-c2c(C)cccc2C)c(F)cc1Cl. The van der Waals surface area contributed by atoms with Gasteiger partial charge < -0.3 is 4.74 Å². The van der Waals surface area contributed by atoms with Gasteiger partial charge in [0.05, 0.1) is 17.7 Å². The summed E-state index contributed by atoms with van der Waals surface area (Å²) < 4.78 is 18.9. The topological polar surface area (TPSA) is 26.3 Å². The molecule has 2 rings (SSSR count). The van der Waals surface area contributed by atoms with E-state index in [1.165, 1.54) is 13.2 Å². The lowest BCUT2D eigenvalue weighted by Gasteiger charge is -2.13. The molecular formula is C16H14ClFO2. The highest BCUT2D eigenvalue weighted by molar-refractivity contribution is 6.33. The van der Waals surface area contributed by atoms with Crippen molar-refractivity contribution in [2.75, 3.05) is 7.11 Å². The smallest absolute Gasteiger partial charge is 0.339 e. The highest BCUT2D eigenvalue weighted by atomic mass is 35.5. The minimum absolute atomic E-state index is 0.0457. The van der Waals surface area contributed by atoms with Crippen molar-refractivity contribution in [3.05, 3.63) is 57.9 Å². The summed E-state index contributed by atoms with van der Waals surface area (Å²) in [6.45, 7) is 3.79. The van der Waals surface area contributed by atoms with Gasteiger partial charge in [-0.2, -0.15) is 0 Å². The van der Waals surface area contributed by atoms with Crippen LogP contribution in [0.15, 0.2) is 30.3 Å². The standard InChI is InChI=1S/C16H14ClFO2/c1-9-5-4-6-10(2)15(9)12-7-11(16(19)20-3)13(17)8-14(12)18/h4-8H,1-3H3. The lowest BCUT2D eigenvalue weighted by molar-refractivity contribution is 0.0601. The molecule has 104 valence electrons. The van der Waals surface area contributed by atoms with Crippen molar-refractivity contribution in [1.82, 2.24) is 0 Å². The average Bonchev–Trinajstić information content (AvgIpc) is 2.40. The maximum atomic E-state index is 14.2. The van der Waals surface area contributed by atoms with Crippen LogP contribution in [0.3, 0.4) is 0 Å². The van der Waals surface area contributed by atoms with Crippen LogP contribution >= 0.6 is 11.6 Å². The Labute approximate surface area is 122 Å². The fourth-order valence-electron chi connectivity index (χ4n) is 2.25. The molecule has 0 fully saturated rings. The second-order valence-corrected chi connectivity index (χ2v) is 4.98. The Hall–Kier alpha value is -1.87. The molecule has 0 aromatic heterocycles. The number of ether oxygens (including phenoxy) is 1. The Morgan fingerprint density at radius 1 is 1.20 bits per heavy atom. The molecule has 0 spiro atoms. The van der Waals surface area contributed by atoms with E-state index in [4.69, 9.17) is 11.6 Å². The molecule has 0 N–H and O–H groups in total. The Kier molecular flexibility index (Phi) is 4.09. The van der Waals surface area contributed by atoms with E-state index in [2.05, 4.69) is 4.74 Å². The van der Waals surface area contributed by atoms with Gasteiger partial charge in [-0.25, -0.2) is 9.18 Å². The van der Waals surface area contributed by atoms with Gasteiger partial charge in [0.1, 0.15) is 5.82 Å². The van der Waals surface area contributed by atoms with Crippen LogP contribution in [0.1, 0.15) is 21.5 Å². The fraction of sp³-hybridized carbons (Fsp3) is 0.188. The van der Waals surface area contributed by atoms with E-state index in [0.29, 0.717) is 5.56 Å². The zero-order chi connectivity index (χ0) is 14.9. The number of carbonyl (C=O) groups is 1. The molecule has 0 bridgehead atoms. The summed E-state index contributed by atoms with van der Waals surface area (Å²) in [7, 11) is 1.26. The van der Waals surface area contributed by atoms with Gasteiger partial charge in [0.15, 0.2) is 0 Å². The van der Waals surface area contributed by atoms with Gasteiger partial charge >= 0.3 is 5.97 Å². The minimum atomic E-state index is -0.581. The summed E-state index contributed by atoms with van der Waals surface area (Å²) in [6, 6.07) is 8.29. The largest absolute Gasteiger partial charge is 0.465 e. The minimum Gasteiger partial charge on any atom is -0.465 e. The van der Waals surface area contributed by atoms with Gasteiger partial charge in [-0.1, -0.05) is 29.8 Å². The van der Waals surface area contributed by atoms with Crippen molar-refractivity contribution < 1.29 is 13.9 Å². The quantitative estimate of drug-likeness (QED) is 0.759. The van der Waals surface area contributed by atoms with Crippen LogP contribution in [0.5, 0.6) is 0 Å². The van der Waals surface area contributed by atoms with E-state index in [1.807, 2.05) is 32.0 Å². The molecule has 0 unspecified atom stereocenters. The number of halogens is 2. The molecule has 0 amide bonds. The monoisotopic (exact) mass is 292 g/mol. The van der Waals surface area contributed by atoms with Crippen molar-refractivity contribution in [2.24, 2.45) is 0 Å². The maximum absolute atomic E-state index is 14.2. The first-order valence-corrected chi connectivity index (χ1v) is 6.47. The highest BCUT2D eigenvalue weighted by Gasteiger charge is 2.18. The molecule has 0 saturated carbocycles. The fourth-order valence-corrected chi connectivity index (χ4v) is 2.47. The summed E-state index contributed by atoms with van der Waals surface area (Å²) in [4.78, 5) is 11.7. The number of methoxy groups -OCH3 is 1. The zero-order valence-corrected chi connectivity index (χ0v) is 12.2. The number of esters is 1. The van der Waals surface area contributed by atoms with Crippen LogP contribution in [-0.2, 0) is 4.74 Å². The molecule has 0 aliphatic carbocycles. The number of hydrogen-bond donors (Lipinski definition) is 0. The lowest BCUT2D eigenvalue weighted by Crippen LogP contribution is -2.04. The second-order valence-electron chi connectivity index (χ2n) is 4.57. The van der Waals surface area contributed by atoms with Crippen molar-refractivity contribution in [3.8, 4) is 11.1 Å².